The van der Waals surface area contributed by atoms with E-state index in [9.17, 15) is 4.79 Å². The topological polar surface area (TPSA) is 60.1 Å². The normalized spacial score (nSPS) is 10.7. The van der Waals surface area contributed by atoms with Gasteiger partial charge in [0, 0.05) is 12.3 Å². The zero-order valence-corrected chi connectivity index (χ0v) is 13.5. The summed E-state index contributed by atoms with van der Waals surface area (Å²) in [7, 11) is 0. The summed E-state index contributed by atoms with van der Waals surface area (Å²) in [4.78, 5) is 12.2. The van der Waals surface area contributed by atoms with Crippen molar-refractivity contribution in [1.82, 2.24) is 9.78 Å². The van der Waals surface area contributed by atoms with Gasteiger partial charge in [-0.15, -0.1) is 0 Å². The average molecular weight is 309 g/mol. The van der Waals surface area contributed by atoms with Crippen LogP contribution in [-0.4, -0.2) is 15.7 Å². The summed E-state index contributed by atoms with van der Waals surface area (Å²) >= 11 is 0. The Kier molecular flexibility index (Phi) is 4.02. The van der Waals surface area contributed by atoms with Crippen molar-refractivity contribution in [3.63, 3.8) is 0 Å². The lowest BCUT2D eigenvalue weighted by Gasteiger charge is -2.03. The predicted octanol–water partition coefficient (Wildman–Crippen LogP) is 3.70. The fourth-order valence-electron chi connectivity index (χ4n) is 2.55. The van der Waals surface area contributed by atoms with Crippen LogP contribution in [0, 0.1) is 20.8 Å². The van der Waals surface area contributed by atoms with Gasteiger partial charge in [-0.1, -0.05) is 29.8 Å². The number of hydrogen-bond donors (Lipinski definition) is 1. The number of benzene rings is 1. The SMILES string of the molecule is Cc1cccc(Cn2ccc(NC(=O)c3cc(C)oc3C)n2)c1. The van der Waals surface area contributed by atoms with Crippen LogP contribution < -0.4 is 5.32 Å². The molecule has 0 bridgehead atoms. The molecule has 0 radical (unpaired) electrons. The van der Waals surface area contributed by atoms with Crippen molar-refractivity contribution in [2.75, 3.05) is 5.32 Å². The van der Waals surface area contributed by atoms with Crippen LogP contribution in [-0.2, 0) is 6.54 Å². The van der Waals surface area contributed by atoms with Gasteiger partial charge in [-0.3, -0.25) is 9.48 Å². The first-order chi connectivity index (χ1) is 11.0. The fraction of sp³-hybridized carbons (Fsp3) is 0.222. The molecule has 0 aliphatic heterocycles. The van der Waals surface area contributed by atoms with E-state index < -0.39 is 0 Å². The molecule has 23 heavy (non-hydrogen) atoms. The van der Waals surface area contributed by atoms with Crippen LogP contribution in [0.1, 0.15) is 33.0 Å². The van der Waals surface area contributed by atoms with Gasteiger partial charge in [0.05, 0.1) is 12.1 Å². The Morgan fingerprint density at radius 1 is 1.22 bits per heavy atom. The Morgan fingerprint density at radius 2 is 2.04 bits per heavy atom. The van der Waals surface area contributed by atoms with Crippen LogP contribution in [0.3, 0.4) is 0 Å². The lowest BCUT2D eigenvalue weighted by Crippen LogP contribution is -2.13. The Morgan fingerprint density at radius 3 is 2.74 bits per heavy atom. The van der Waals surface area contributed by atoms with Crippen LogP contribution in [0.5, 0.6) is 0 Å². The van der Waals surface area contributed by atoms with Crippen LogP contribution in [0.2, 0.25) is 0 Å². The Balaban J connectivity index is 1.70. The van der Waals surface area contributed by atoms with Crippen molar-refractivity contribution < 1.29 is 9.21 Å². The second-order valence-corrected chi connectivity index (χ2v) is 5.67. The van der Waals surface area contributed by atoms with E-state index in [4.69, 9.17) is 4.42 Å². The van der Waals surface area contributed by atoms with Crippen molar-refractivity contribution in [2.24, 2.45) is 0 Å². The summed E-state index contributed by atoms with van der Waals surface area (Å²) in [5, 5.41) is 7.19. The van der Waals surface area contributed by atoms with Crippen molar-refractivity contribution in [3.05, 3.63) is 70.8 Å². The largest absolute Gasteiger partial charge is 0.466 e. The maximum absolute atomic E-state index is 12.2. The first kappa shape index (κ1) is 15.1. The molecule has 0 saturated carbocycles. The maximum Gasteiger partial charge on any atom is 0.260 e. The van der Waals surface area contributed by atoms with Gasteiger partial charge in [-0.25, -0.2) is 0 Å². The van der Waals surface area contributed by atoms with Gasteiger partial charge >= 0.3 is 0 Å². The molecule has 0 spiro atoms. The number of nitrogens with zero attached hydrogens (tertiary/aromatic N) is 2. The lowest BCUT2D eigenvalue weighted by atomic mass is 10.1. The number of carbonyl (C=O) groups excluding carboxylic acids is 1. The molecule has 0 aliphatic carbocycles. The number of anilines is 1. The fourth-order valence-corrected chi connectivity index (χ4v) is 2.55. The summed E-state index contributed by atoms with van der Waals surface area (Å²) in [6.07, 6.45) is 1.85. The summed E-state index contributed by atoms with van der Waals surface area (Å²) in [6.45, 7) is 6.33. The molecule has 0 unspecified atom stereocenters. The summed E-state index contributed by atoms with van der Waals surface area (Å²) in [5.41, 5.74) is 2.93. The lowest BCUT2D eigenvalue weighted by molar-refractivity contribution is 0.102. The van der Waals surface area contributed by atoms with E-state index in [1.807, 2.05) is 19.2 Å². The zero-order valence-electron chi connectivity index (χ0n) is 13.5. The molecule has 5 nitrogen and oxygen atoms in total. The van der Waals surface area contributed by atoms with Crippen LogP contribution >= 0.6 is 0 Å². The molecule has 1 amide bonds. The molecule has 5 heteroatoms. The van der Waals surface area contributed by atoms with Gasteiger partial charge in [0.25, 0.3) is 5.91 Å². The molecule has 0 saturated heterocycles. The minimum Gasteiger partial charge on any atom is -0.466 e. The summed E-state index contributed by atoms with van der Waals surface area (Å²) in [6, 6.07) is 11.8. The highest BCUT2D eigenvalue weighted by Gasteiger charge is 2.14. The second kappa shape index (κ2) is 6.12. The highest BCUT2D eigenvalue weighted by atomic mass is 16.3. The molecule has 2 aromatic heterocycles. The molecule has 1 N–H and O–H groups in total. The minimum absolute atomic E-state index is 0.208. The number of amides is 1. The third-order valence-corrected chi connectivity index (χ3v) is 3.59. The number of furan rings is 1. The molecule has 1 aromatic carbocycles. The smallest absolute Gasteiger partial charge is 0.260 e. The number of aryl methyl sites for hydroxylation is 3. The molecule has 0 fully saturated rings. The summed E-state index contributed by atoms with van der Waals surface area (Å²) < 4.78 is 7.19. The molecule has 2 heterocycles. The first-order valence-electron chi connectivity index (χ1n) is 7.48. The van der Waals surface area contributed by atoms with Crippen molar-refractivity contribution >= 4 is 11.7 Å². The predicted molar refractivity (Wildman–Crippen MR) is 88.6 cm³/mol. The molecule has 0 atom stereocenters. The van der Waals surface area contributed by atoms with E-state index in [2.05, 4.69) is 35.5 Å². The van der Waals surface area contributed by atoms with Crippen molar-refractivity contribution in [3.8, 4) is 0 Å². The van der Waals surface area contributed by atoms with Gasteiger partial charge in [0.15, 0.2) is 5.82 Å². The highest BCUT2D eigenvalue weighted by molar-refractivity contribution is 6.04. The van der Waals surface area contributed by atoms with E-state index in [0.29, 0.717) is 23.7 Å². The first-order valence-corrected chi connectivity index (χ1v) is 7.48. The quantitative estimate of drug-likeness (QED) is 0.799. The Hall–Kier alpha value is -2.82. The van der Waals surface area contributed by atoms with Gasteiger partial charge in [-0.05, 0) is 32.4 Å². The molecule has 118 valence electrons. The van der Waals surface area contributed by atoms with E-state index in [0.717, 1.165) is 5.76 Å². The monoisotopic (exact) mass is 309 g/mol. The van der Waals surface area contributed by atoms with E-state index in [1.165, 1.54) is 11.1 Å². The van der Waals surface area contributed by atoms with Gasteiger partial charge in [0.1, 0.15) is 11.5 Å². The number of rotatable bonds is 4. The third-order valence-electron chi connectivity index (χ3n) is 3.59. The Bertz CT molecular complexity index is 846. The van der Waals surface area contributed by atoms with E-state index in [-0.39, 0.29) is 5.91 Å². The standard InChI is InChI=1S/C18H19N3O2/c1-12-5-4-6-15(9-12)11-21-8-7-17(20-21)19-18(22)16-10-13(2)23-14(16)3/h4-10H,11H2,1-3H3,(H,19,20,22). The average Bonchev–Trinajstić information content (AvgIpc) is 3.05. The number of hydrogen-bond acceptors (Lipinski definition) is 3. The second-order valence-electron chi connectivity index (χ2n) is 5.67. The highest BCUT2D eigenvalue weighted by Crippen LogP contribution is 2.16. The number of carbonyl (C=O) groups is 1. The summed E-state index contributed by atoms with van der Waals surface area (Å²) in [5.74, 6) is 1.65. The van der Waals surface area contributed by atoms with Gasteiger partial charge in [0.2, 0.25) is 0 Å². The number of aromatic nitrogens is 2. The molecule has 3 rings (SSSR count). The van der Waals surface area contributed by atoms with Crippen LogP contribution in [0.4, 0.5) is 5.82 Å². The maximum atomic E-state index is 12.2. The van der Waals surface area contributed by atoms with Gasteiger partial charge in [-0.2, -0.15) is 5.10 Å². The van der Waals surface area contributed by atoms with Crippen molar-refractivity contribution in [2.45, 2.75) is 27.3 Å². The molecular weight excluding hydrogens is 290 g/mol. The van der Waals surface area contributed by atoms with Crippen molar-refractivity contribution in [1.29, 1.82) is 0 Å². The van der Waals surface area contributed by atoms with Crippen LogP contribution in [0.15, 0.2) is 47.0 Å². The van der Waals surface area contributed by atoms with E-state index in [1.54, 1.807) is 23.7 Å². The van der Waals surface area contributed by atoms with Crippen LogP contribution in [0.25, 0.3) is 0 Å². The number of nitrogens with one attached hydrogen (secondary N) is 1. The molecule has 0 aliphatic rings. The van der Waals surface area contributed by atoms with E-state index >= 15 is 0 Å². The Labute approximate surface area is 134 Å². The minimum atomic E-state index is -0.208. The molecular formula is C18H19N3O2. The molecule has 3 aromatic rings. The zero-order chi connectivity index (χ0) is 16.4. The van der Waals surface area contributed by atoms with Gasteiger partial charge < -0.3 is 9.73 Å². The third kappa shape index (κ3) is 3.51.